The highest BCUT2D eigenvalue weighted by molar-refractivity contribution is 5.80. The Bertz CT molecular complexity index is 499. The van der Waals surface area contributed by atoms with E-state index in [2.05, 4.69) is 38.0 Å². The molecule has 1 aliphatic rings. The second-order valence-electron chi connectivity index (χ2n) is 10.5. The van der Waals surface area contributed by atoms with Gasteiger partial charge in [0.05, 0.1) is 12.2 Å². The number of amides is 1. The first-order chi connectivity index (χ1) is 14.1. The number of nitrogens with zero attached hydrogens (tertiary/aromatic N) is 1. The Morgan fingerprint density at radius 3 is 2.03 bits per heavy atom. The number of ketones is 1. The summed E-state index contributed by atoms with van der Waals surface area (Å²) in [6.07, 6.45) is 11.6. The largest absolute Gasteiger partial charge is 0.374 e. The first kappa shape index (κ1) is 27.1. The number of likely N-dealkylation sites (tertiary alicyclic amines) is 1. The third-order valence-corrected chi connectivity index (χ3v) is 5.98. The number of nitrogens with one attached hydrogen (secondary N) is 1. The molecule has 2 atom stereocenters. The summed E-state index contributed by atoms with van der Waals surface area (Å²) in [5, 5.41) is 3.21. The number of Topliss-reactive ketones (excluding diaryl/α,β-unsaturated/α-hetero) is 1. The summed E-state index contributed by atoms with van der Waals surface area (Å²) in [4.78, 5) is 26.1. The first-order valence-corrected chi connectivity index (χ1v) is 12.2. The molecular formula is C25H48N2O3. The van der Waals surface area contributed by atoms with Crippen molar-refractivity contribution in [3.05, 3.63) is 0 Å². The van der Waals surface area contributed by atoms with Crippen molar-refractivity contribution in [2.45, 2.75) is 123 Å². The van der Waals surface area contributed by atoms with Crippen molar-refractivity contribution in [3.8, 4) is 0 Å². The maximum atomic E-state index is 12.3. The average molecular weight is 425 g/mol. The van der Waals surface area contributed by atoms with Gasteiger partial charge in [-0.05, 0) is 47.1 Å². The fourth-order valence-electron chi connectivity index (χ4n) is 3.96. The van der Waals surface area contributed by atoms with E-state index in [1.165, 1.54) is 32.1 Å². The normalized spacial score (nSPS) is 20.1. The number of likely N-dealkylation sites (N-methyl/N-ethyl adjacent to an activating group) is 1. The maximum absolute atomic E-state index is 12.3. The number of carbonyl (C=O) groups excluding carboxylic acids is 2. The van der Waals surface area contributed by atoms with Crippen molar-refractivity contribution in [3.63, 3.8) is 0 Å². The second kappa shape index (κ2) is 14.2. The molecule has 0 aromatic carbocycles. The summed E-state index contributed by atoms with van der Waals surface area (Å²) in [7, 11) is 2.12. The van der Waals surface area contributed by atoms with Gasteiger partial charge in [-0.1, -0.05) is 52.4 Å². The van der Waals surface area contributed by atoms with Gasteiger partial charge < -0.3 is 10.1 Å². The molecule has 5 heteroatoms. The van der Waals surface area contributed by atoms with Gasteiger partial charge in [0.1, 0.15) is 5.78 Å². The van der Waals surface area contributed by atoms with Crippen molar-refractivity contribution < 1.29 is 14.3 Å². The van der Waals surface area contributed by atoms with Crippen LogP contribution in [-0.4, -0.2) is 54.5 Å². The molecule has 1 saturated heterocycles. The monoisotopic (exact) mass is 424 g/mol. The van der Waals surface area contributed by atoms with Crippen LogP contribution in [-0.2, 0) is 14.3 Å². The molecule has 1 N–H and O–H groups in total. The minimum atomic E-state index is -0.116. The summed E-state index contributed by atoms with van der Waals surface area (Å²) in [6.45, 7) is 11.8. The van der Waals surface area contributed by atoms with Crippen LogP contribution in [0.5, 0.6) is 0 Å². The third kappa shape index (κ3) is 12.7. The quantitative estimate of drug-likeness (QED) is 0.371. The molecule has 0 saturated carbocycles. The van der Waals surface area contributed by atoms with Gasteiger partial charge in [0.25, 0.3) is 0 Å². The maximum Gasteiger partial charge on any atom is 0.220 e. The summed E-state index contributed by atoms with van der Waals surface area (Å²) in [6, 6.07) is 0.636. The number of rotatable bonds is 15. The van der Waals surface area contributed by atoms with Crippen LogP contribution in [0.2, 0.25) is 0 Å². The molecule has 30 heavy (non-hydrogen) atoms. The standard InChI is InChI=1S/C25H48N2O3/c1-20(2)23(28)15-13-11-9-7-8-10-12-14-16-24(29)26-21-17-22(27(6)18-21)19-30-25(3,4)5/h20-22H,7-19H2,1-6H3,(H,26,29)/t21-,22+/m1/s1. The lowest BCUT2D eigenvalue weighted by molar-refractivity contribution is -0.122. The van der Waals surface area contributed by atoms with Gasteiger partial charge >= 0.3 is 0 Å². The van der Waals surface area contributed by atoms with Gasteiger partial charge in [0.2, 0.25) is 5.91 Å². The zero-order chi connectivity index (χ0) is 22.6. The molecule has 1 amide bonds. The molecule has 1 fully saturated rings. The van der Waals surface area contributed by atoms with E-state index in [0.717, 1.165) is 45.3 Å². The van der Waals surface area contributed by atoms with Crippen LogP contribution >= 0.6 is 0 Å². The smallest absolute Gasteiger partial charge is 0.220 e. The molecule has 0 aromatic heterocycles. The predicted molar refractivity (Wildman–Crippen MR) is 125 cm³/mol. The fraction of sp³-hybridized carbons (Fsp3) is 0.920. The highest BCUT2D eigenvalue weighted by Gasteiger charge is 2.31. The molecule has 1 aliphatic heterocycles. The van der Waals surface area contributed by atoms with Crippen LogP contribution in [0.25, 0.3) is 0 Å². The lowest BCUT2D eigenvalue weighted by atomic mass is 10.0. The number of unbranched alkanes of at least 4 members (excludes halogenated alkanes) is 7. The minimum Gasteiger partial charge on any atom is -0.374 e. The Kier molecular flexibility index (Phi) is 12.8. The van der Waals surface area contributed by atoms with Crippen LogP contribution in [0.15, 0.2) is 0 Å². The number of carbonyl (C=O) groups is 2. The molecule has 0 aliphatic carbocycles. The molecule has 1 rings (SSSR count). The molecule has 1 heterocycles. The van der Waals surface area contributed by atoms with Gasteiger partial charge in [-0.25, -0.2) is 0 Å². The number of hydrogen-bond donors (Lipinski definition) is 1. The second-order valence-corrected chi connectivity index (χ2v) is 10.5. The molecule has 0 aromatic rings. The molecule has 0 bridgehead atoms. The Labute approximate surface area is 185 Å². The zero-order valence-corrected chi connectivity index (χ0v) is 20.6. The van der Waals surface area contributed by atoms with Crippen LogP contribution in [0.3, 0.4) is 0 Å². The highest BCUT2D eigenvalue weighted by atomic mass is 16.5. The predicted octanol–water partition coefficient (Wildman–Crippen LogP) is 5.12. The topological polar surface area (TPSA) is 58.6 Å². The molecule has 0 spiro atoms. The van der Waals surface area contributed by atoms with Crippen LogP contribution < -0.4 is 5.32 Å². The van der Waals surface area contributed by atoms with Crippen LogP contribution in [0, 0.1) is 5.92 Å². The van der Waals surface area contributed by atoms with Crippen LogP contribution in [0.4, 0.5) is 0 Å². The van der Waals surface area contributed by atoms with Gasteiger partial charge in [0.15, 0.2) is 0 Å². The lowest BCUT2D eigenvalue weighted by Crippen LogP contribution is -2.36. The van der Waals surface area contributed by atoms with E-state index < -0.39 is 0 Å². The zero-order valence-electron chi connectivity index (χ0n) is 20.6. The van der Waals surface area contributed by atoms with E-state index in [4.69, 9.17) is 4.74 Å². The van der Waals surface area contributed by atoms with Gasteiger partial charge in [-0.15, -0.1) is 0 Å². The van der Waals surface area contributed by atoms with Gasteiger partial charge in [-0.2, -0.15) is 0 Å². The van der Waals surface area contributed by atoms with Crippen molar-refractivity contribution in [2.24, 2.45) is 5.92 Å². The van der Waals surface area contributed by atoms with E-state index in [-0.39, 0.29) is 23.5 Å². The lowest BCUT2D eigenvalue weighted by Gasteiger charge is -2.25. The SMILES string of the molecule is CC(C)C(=O)CCCCCCCCCCC(=O)N[C@@H]1C[C@@H](COC(C)(C)C)N(C)C1. The minimum absolute atomic E-state index is 0.116. The Morgan fingerprint density at radius 1 is 0.967 bits per heavy atom. The summed E-state index contributed by atoms with van der Waals surface area (Å²) >= 11 is 0. The van der Waals surface area contributed by atoms with E-state index in [9.17, 15) is 9.59 Å². The Hall–Kier alpha value is -0.940. The van der Waals surface area contributed by atoms with E-state index in [1.54, 1.807) is 0 Å². The number of hydrogen-bond acceptors (Lipinski definition) is 4. The van der Waals surface area contributed by atoms with Gasteiger partial charge in [0, 0.05) is 37.4 Å². The summed E-state index contributed by atoms with van der Waals surface area (Å²) in [5.74, 6) is 0.771. The van der Waals surface area contributed by atoms with Gasteiger partial charge in [-0.3, -0.25) is 14.5 Å². The molecular weight excluding hydrogens is 376 g/mol. The first-order valence-electron chi connectivity index (χ1n) is 12.2. The molecule has 176 valence electrons. The van der Waals surface area contributed by atoms with E-state index in [1.807, 2.05) is 13.8 Å². The van der Waals surface area contributed by atoms with E-state index >= 15 is 0 Å². The van der Waals surface area contributed by atoms with Crippen molar-refractivity contribution in [2.75, 3.05) is 20.2 Å². The molecule has 5 nitrogen and oxygen atoms in total. The third-order valence-electron chi connectivity index (χ3n) is 5.98. The Balaban J connectivity index is 1.99. The molecule has 0 unspecified atom stereocenters. The van der Waals surface area contributed by atoms with Crippen LogP contribution in [0.1, 0.15) is 105 Å². The van der Waals surface area contributed by atoms with Crippen molar-refractivity contribution in [1.29, 1.82) is 0 Å². The summed E-state index contributed by atoms with van der Waals surface area (Å²) < 4.78 is 5.92. The average Bonchev–Trinajstić information content (AvgIpc) is 2.99. The van der Waals surface area contributed by atoms with Crippen molar-refractivity contribution in [1.82, 2.24) is 10.2 Å². The molecule has 0 radical (unpaired) electrons. The highest BCUT2D eigenvalue weighted by Crippen LogP contribution is 2.19. The van der Waals surface area contributed by atoms with E-state index in [0.29, 0.717) is 18.2 Å². The fourth-order valence-corrected chi connectivity index (χ4v) is 3.96. The summed E-state index contributed by atoms with van der Waals surface area (Å²) in [5.41, 5.74) is -0.116. The van der Waals surface area contributed by atoms with Crippen molar-refractivity contribution >= 4 is 11.7 Å². The Morgan fingerprint density at radius 2 is 1.50 bits per heavy atom. The number of ether oxygens (including phenoxy) is 1.